The van der Waals surface area contributed by atoms with Crippen LogP contribution in [0.4, 0.5) is 0 Å². The molecule has 36 heavy (non-hydrogen) atoms. The van der Waals surface area contributed by atoms with E-state index in [1.807, 2.05) is 48.5 Å². The molecule has 3 rings (SSSR count). The molecule has 0 saturated carbocycles. The molecule has 0 heterocycles. The van der Waals surface area contributed by atoms with E-state index in [0.717, 1.165) is 16.7 Å². The topological polar surface area (TPSA) is 65.0 Å². The quantitative estimate of drug-likeness (QED) is 0.102. The number of allylic oxidation sites excluding steroid dienone is 1. The van der Waals surface area contributed by atoms with Gasteiger partial charge in [0.05, 0.1) is 19.8 Å². The fourth-order valence-electron chi connectivity index (χ4n) is 3.26. The largest absolute Gasteiger partial charge is 0.505 e. The fraction of sp³-hybridized carbons (Fsp3) is 0.148. The Bertz CT molecular complexity index is 1260. The van der Waals surface area contributed by atoms with Crippen molar-refractivity contribution in [2.24, 2.45) is 0 Å². The third kappa shape index (κ3) is 5.93. The second kappa shape index (κ2) is 11.9. The minimum Gasteiger partial charge on any atom is -0.505 e. The van der Waals surface area contributed by atoms with Gasteiger partial charge in [-0.15, -0.1) is 0 Å². The maximum absolute atomic E-state index is 13.3. The average Bonchev–Trinajstić information content (AvgIpc) is 2.89. The van der Waals surface area contributed by atoms with Crippen LogP contribution in [0.3, 0.4) is 0 Å². The van der Waals surface area contributed by atoms with Gasteiger partial charge in [0.15, 0.2) is 11.5 Å². The maximum atomic E-state index is 13.3. The lowest BCUT2D eigenvalue weighted by Crippen LogP contribution is -2.13. The SMILES string of the molecule is COc1ccc(C(=CC(C(=O)Oc2c(Cl)c(Cl)c(O)c(Cl)c2Cl)=C(C)C)c2ccc(OC)cc2)cc1. The highest BCUT2D eigenvalue weighted by Gasteiger charge is 2.25. The predicted molar refractivity (Wildman–Crippen MR) is 145 cm³/mol. The monoisotopic (exact) mass is 566 g/mol. The molecule has 188 valence electrons. The lowest BCUT2D eigenvalue weighted by Gasteiger charge is -2.15. The van der Waals surface area contributed by atoms with E-state index in [0.29, 0.717) is 17.1 Å². The molecule has 0 radical (unpaired) electrons. The van der Waals surface area contributed by atoms with E-state index in [2.05, 4.69) is 0 Å². The first-order valence-electron chi connectivity index (χ1n) is 10.5. The van der Waals surface area contributed by atoms with Crippen molar-refractivity contribution >= 4 is 57.9 Å². The molecule has 0 aliphatic rings. The highest BCUT2D eigenvalue weighted by molar-refractivity contribution is 6.50. The van der Waals surface area contributed by atoms with Crippen LogP contribution in [0.15, 0.2) is 65.8 Å². The summed E-state index contributed by atoms with van der Waals surface area (Å²) in [5.41, 5.74) is 3.33. The fourth-order valence-corrected chi connectivity index (χ4v) is 4.17. The Balaban J connectivity index is 2.12. The summed E-state index contributed by atoms with van der Waals surface area (Å²) in [6, 6.07) is 14.8. The Morgan fingerprint density at radius 2 is 1.17 bits per heavy atom. The number of carbonyl (C=O) groups is 1. The second-order valence-corrected chi connectivity index (χ2v) is 9.26. The number of methoxy groups -OCH3 is 2. The molecule has 3 aromatic rings. The molecule has 0 atom stereocenters. The van der Waals surface area contributed by atoms with Gasteiger partial charge >= 0.3 is 5.97 Å². The van der Waals surface area contributed by atoms with Crippen molar-refractivity contribution in [3.63, 3.8) is 0 Å². The van der Waals surface area contributed by atoms with Gasteiger partial charge < -0.3 is 19.3 Å². The summed E-state index contributed by atoms with van der Waals surface area (Å²) < 4.78 is 16.1. The summed E-state index contributed by atoms with van der Waals surface area (Å²) in [5, 5.41) is 8.93. The average molecular weight is 568 g/mol. The number of benzene rings is 3. The van der Waals surface area contributed by atoms with Gasteiger partial charge in [0.2, 0.25) is 0 Å². The van der Waals surface area contributed by atoms with Gasteiger partial charge in [-0.05, 0) is 60.9 Å². The van der Waals surface area contributed by atoms with E-state index in [9.17, 15) is 9.90 Å². The van der Waals surface area contributed by atoms with Crippen molar-refractivity contribution < 1.29 is 24.1 Å². The molecule has 0 bridgehead atoms. The van der Waals surface area contributed by atoms with E-state index in [-0.39, 0.29) is 31.4 Å². The van der Waals surface area contributed by atoms with E-state index in [1.54, 1.807) is 34.1 Å². The number of aromatic hydroxyl groups is 1. The smallest absolute Gasteiger partial charge is 0.343 e. The van der Waals surface area contributed by atoms with E-state index in [4.69, 9.17) is 60.6 Å². The zero-order valence-electron chi connectivity index (χ0n) is 19.8. The van der Waals surface area contributed by atoms with Crippen LogP contribution in [0.5, 0.6) is 23.0 Å². The minimum atomic E-state index is -0.740. The van der Waals surface area contributed by atoms with Crippen molar-refractivity contribution in [2.45, 2.75) is 13.8 Å². The minimum absolute atomic E-state index is 0.237. The Kier molecular flexibility index (Phi) is 9.20. The van der Waals surface area contributed by atoms with Gasteiger partial charge in [0.25, 0.3) is 0 Å². The molecule has 0 amide bonds. The molecule has 0 spiro atoms. The first-order valence-corrected chi connectivity index (χ1v) is 12.0. The van der Waals surface area contributed by atoms with Crippen LogP contribution < -0.4 is 14.2 Å². The van der Waals surface area contributed by atoms with Gasteiger partial charge in [0, 0.05) is 0 Å². The number of esters is 1. The van der Waals surface area contributed by atoms with E-state index in [1.165, 1.54) is 0 Å². The van der Waals surface area contributed by atoms with Crippen molar-refractivity contribution in [1.29, 1.82) is 0 Å². The molecule has 5 nitrogen and oxygen atoms in total. The van der Waals surface area contributed by atoms with E-state index >= 15 is 0 Å². The van der Waals surface area contributed by atoms with Crippen LogP contribution in [0.2, 0.25) is 20.1 Å². The standard InChI is InChI=1S/C27H22Cl4O5/c1-14(2)19(27(33)36-26-23(30)21(28)25(32)22(29)24(26)31)13-20(15-5-9-17(34-3)10-6-15)16-7-11-18(35-4)12-8-16/h5-13,32H,1-4H3. The van der Waals surface area contributed by atoms with Crippen LogP contribution in [0, 0.1) is 0 Å². The van der Waals surface area contributed by atoms with Crippen LogP contribution >= 0.6 is 46.4 Å². The summed E-state index contributed by atoms with van der Waals surface area (Å²) in [5.74, 6) is -0.105. The first kappa shape index (κ1) is 27.8. The van der Waals surface area contributed by atoms with Gasteiger partial charge in [-0.2, -0.15) is 0 Å². The number of hydrogen-bond donors (Lipinski definition) is 1. The number of rotatable bonds is 7. The predicted octanol–water partition coefficient (Wildman–Crippen LogP) is 8.40. The van der Waals surface area contributed by atoms with Crippen molar-refractivity contribution in [2.75, 3.05) is 14.2 Å². The molecule has 9 heteroatoms. The molecule has 0 fully saturated rings. The summed E-state index contributed by atoms with van der Waals surface area (Å²) in [6.07, 6.45) is 1.72. The van der Waals surface area contributed by atoms with Crippen molar-refractivity contribution in [1.82, 2.24) is 0 Å². The molecule has 3 aromatic carbocycles. The molecule has 0 aliphatic heterocycles. The zero-order valence-corrected chi connectivity index (χ0v) is 22.8. The Hall–Kier alpha value is -2.83. The molecular formula is C27H22Cl4O5. The molecule has 1 N–H and O–H groups in total. The van der Waals surface area contributed by atoms with E-state index < -0.39 is 11.7 Å². The second-order valence-electron chi connectivity index (χ2n) is 7.75. The molecule has 0 saturated heterocycles. The number of halogens is 4. The van der Waals surface area contributed by atoms with Gasteiger partial charge in [-0.3, -0.25) is 0 Å². The van der Waals surface area contributed by atoms with Crippen molar-refractivity contribution in [3.8, 4) is 23.0 Å². The Morgan fingerprint density at radius 1 is 0.750 bits per heavy atom. The van der Waals surface area contributed by atoms with Gasteiger partial charge in [0.1, 0.15) is 31.6 Å². The lowest BCUT2D eigenvalue weighted by molar-refractivity contribution is -0.129. The van der Waals surface area contributed by atoms with Crippen LogP contribution in [-0.4, -0.2) is 25.3 Å². The molecule has 0 aromatic heterocycles. The van der Waals surface area contributed by atoms with Crippen LogP contribution in [0.25, 0.3) is 5.57 Å². The van der Waals surface area contributed by atoms with Crippen LogP contribution in [-0.2, 0) is 4.79 Å². The number of carbonyl (C=O) groups excluding carboxylic acids is 1. The lowest BCUT2D eigenvalue weighted by atomic mass is 9.94. The van der Waals surface area contributed by atoms with Crippen LogP contribution in [0.1, 0.15) is 25.0 Å². The molecule has 0 aliphatic carbocycles. The Morgan fingerprint density at radius 3 is 1.53 bits per heavy atom. The molecule has 0 unspecified atom stereocenters. The normalized spacial score (nSPS) is 10.4. The van der Waals surface area contributed by atoms with Crippen molar-refractivity contribution in [3.05, 3.63) is 97.0 Å². The summed E-state index contributed by atoms with van der Waals surface area (Å²) in [6.45, 7) is 3.54. The number of phenolic OH excluding ortho intramolecular Hbond substituents is 1. The number of phenols is 1. The number of hydrogen-bond acceptors (Lipinski definition) is 5. The maximum Gasteiger partial charge on any atom is 0.343 e. The summed E-state index contributed by atoms with van der Waals surface area (Å²) >= 11 is 24.4. The highest BCUT2D eigenvalue weighted by Crippen LogP contribution is 2.49. The molecular weight excluding hydrogens is 546 g/mol. The van der Waals surface area contributed by atoms with Gasteiger partial charge in [-0.1, -0.05) is 76.2 Å². The first-order chi connectivity index (χ1) is 17.1. The summed E-state index contributed by atoms with van der Waals surface area (Å²) in [7, 11) is 3.18. The van der Waals surface area contributed by atoms with Gasteiger partial charge in [-0.25, -0.2) is 4.79 Å². The third-order valence-corrected chi connectivity index (χ3v) is 6.89. The summed E-state index contributed by atoms with van der Waals surface area (Å²) in [4.78, 5) is 13.3. The number of ether oxygens (including phenoxy) is 3. The Labute approximate surface area is 229 Å². The highest BCUT2D eigenvalue weighted by atomic mass is 35.5. The zero-order chi connectivity index (χ0) is 26.6. The third-order valence-electron chi connectivity index (χ3n) is 5.24.